The van der Waals surface area contributed by atoms with Crippen LogP contribution in [0, 0.1) is 0 Å². The Morgan fingerprint density at radius 3 is 2.70 bits per heavy atom. The molecule has 2 amide bonds. The highest BCUT2D eigenvalue weighted by Crippen LogP contribution is 2.29. The van der Waals surface area contributed by atoms with Gasteiger partial charge in [-0.25, -0.2) is 0 Å². The van der Waals surface area contributed by atoms with E-state index < -0.39 is 0 Å². The molecule has 3 N–H and O–H groups in total. The third kappa shape index (κ3) is 2.67. The zero-order valence-electron chi connectivity index (χ0n) is 11.9. The summed E-state index contributed by atoms with van der Waals surface area (Å²) in [7, 11) is 0. The summed E-state index contributed by atoms with van der Waals surface area (Å²) in [6.45, 7) is 4.15. The van der Waals surface area contributed by atoms with E-state index in [4.69, 9.17) is 5.73 Å². The van der Waals surface area contributed by atoms with Crippen molar-refractivity contribution in [1.29, 1.82) is 0 Å². The molecule has 5 heteroatoms. The smallest absolute Gasteiger partial charge is 0.249 e. The maximum Gasteiger partial charge on any atom is 0.249 e. The van der Waals surface area contributed by atoms with E-state index in [-0.39, 0.29) is 30.4 Å². The van der Waals surface area contributed by atoms with Gasteiger partial charge in [0, 0.05) is 11.7 Å². The van der Waals surface area contributed by atoms with Gasteiger partial charge in [-0.2, -0.15) is 0 Å². The number of rotatable bonds is 4. The van der Waals surface area contributed by atoms with Crippen molar-refractivity contribution in [3.63, 3.8) is 0 Å². The van der Waals surface area contributed by atoms with Gasteiger partial charge in [0.2, 0.25) is 11.8 Å². The monoisotopic (exact) mass is 275 g/mol. The molecule has 0 aliphatic carbocycles. The molecule has 0 radical (unpaired) electrons. The van der Waals surface area contributed by atoms with E-state index in [1.165, 1.54) is 0 Å². The summed E-state index contributed by atoms with van der Waals surface area (Å²) in [6, 6.07) is 7.32. The van der Waals surface area contributed by atoms with E-state index in [1.54, 1.807) is 0 Å². The molecule has 0 saturated carbocycles. The van der Waals surface area contributed by atoms with Crippen molar-refractivity contribution >= 4 is 17.5 Å². The van der Waals surface area contributed by atoms with E-state index in [0.29, 0.717) is 6.42 Å². The topological polar surface area (TPSA) is 75.4 Å². The minimum Gasteiger partial charge on any atom is -0.350 e. The van der Waals surface area contributed by atoms with Crippen LogP contribution < -0.4 is 16.0 Å². The Hall–Kier alpha value is -1.88. The normalized spacial score (nSPS) is 20.8. The lowest BCUT2D eigenvalue weighted by molar-refractivity contribution is -0.132. The Labute approximate surface area is 119 Å². The number of carbonyl (C=O) groups is 2. The van der Waals surface area contributed by atoms with Crippen molar-refractivity contribution in [3.05, 3.63) is 29.8 Å². The van der Waals surface area contributed by atoms with Gasteiger partial charge in [-0.05, 0) is 24.5 Å². The van der Waals surface area contributed by atoms with E-state index >= 15 is 0 Å². The summed E-state index contributed by atoms with van der Waals surface area (Å²) in [5, 5.41) is 2.39. The van der Waals surface area contributed by atoms with Crippen molar-refractivity contribution < 1.29 is 9.59 Å². The van der Waals surface area contributed by atoms with Gasteiger partial charge in [0.25, 0.3) is 0 Å². The van der Waals surface area contributed by atoms with Crippen molar-refractivity contribution in [2.75, 3.05) is 11.4 Å². The van der Waals surface area contributed by atoms with Crippen LogP contribution in [0.1, 0.15) is 38.3 Å². The van der Waals surface area contributed by atoms with Crippen LogP contribution in [0.4, 0.5) is 5.69 Å². The maximum atomic E-state index is 12.0. The van der Waals surface area contributed by atoms with E-state index in [0.717, 1.165) is 17.7 Å². The predicted octanol–water partition coefficient (Wildman–Crippen LogP) is 1.34. The first-order valence-corrected chi connectivity index (χ1v) is 7.03. The minimum absolute atomic E-state index is 0.0937. The van der Waals surface area contributed by atoms with Crippen LogP contribution >= 0.6 is 0 Å². The summed E-state index contributed by atoms with van der Waals surface area (Å²) in [6.07, 6.45) is 1.45. The molecule has 1 fully saturated rings. The second-order valence-corrected chi connectivity index (χ2v) is 5.04. The van der Waals surface area contributed by atoms with Crippen molar-refractivity contribution in [1.82, 2.24) is 5.32 Å². The highest BCUT2D eigenvalue weighted by Gasteiger charge is 2.33. The number of benzene rings is 1. The lowest BCUT2D eigenvalue weighted by Crippen LogP contribution is -2.58. The van der Waals surface area contributed by atoms with Gasteiger partial charge in [-0.15, -0.1) is 0 Å². The standard InChI is InChI=1S/C15H21N3O2/c1-3-11(16)10-7-5-6-8-13(10)18-9-14(19)17-15(20)12(18)4-2/h5-8,11-12H,3-4,9,16H2,1-2H3,(H,17,19,20). The Morgan fingerprint density at radius 1 is 1.35 bits per heavy atom. The number of nitrogens with two attached hydrogens (primary N) is 1. The number of nitrogens with zero attached hydrogens (tertiary/aromatic N) is 1. The number of carbonyl (C=O) groups excluding carboxylic acids is 2. The van der Waals surface area contributed by atoms with E-state index in [9.17, 15) is 9.59 Å². The molecule has 20 heavy (non-hydrogen) atoms. The Balaban J connectivity index is 2.42. The van der Waals surface area contributed by atoms with Crippen LogP contribution in [0.3, 0.4) is 0 Å². The zero-order valence-corrected chi connectivity index (χ0v) is 11.9. The van der Waals surface area contributed by atoms with Crippen LogP contribution in [-0.2, 0) is 9.59 Å². The molecule has 0 spiro atoms. The number of piperazine rings is 1. The molecule has 1 aliphatic rings. The van der Waals surface area contributed by atoms with E-state index in [2.05, 4.69) is 5.32 Å². The average molecular weight is 275 g/mol. The second kappa shape index (κ2) is 6.05. The first-order chi connectivity index (χ1) is 9.58. The predicted molar refractivity (Wildman–Crippen MR) is 78.2 cm³/mol. The van der Waals surface area contributed by atoms with Gasteiger partial charge in [0.1, 0.15) is 6.04 Å². The number of imide groups is 1. The van der Waals surface area contributed by atoms with Crippen LogP contribution in [0.5, 0.6) is 0 Å². The molecular weight excluding hydrogens is 254 g/mol. The molecule has 1 aromatic carbocycles. The highest BCUT2D eigenvalue weighted by atomic mass is 16.2. The highest BCUT2D eigenvalue weighted by molar-refractivity contribution is 6.04. The van der Waals surface area contributed by atoms with Gasteiger partial charge in [-0.1, -0.05) is 32.0 Å². The van der Waals surface area contributed by atoms with Gasteiger partial charge >= 0.3 is 0 Å². The number of hydrogen-bond donors (Lipinski definition) is 2. The number of nitrogens with one attached hydrogen (secondary N) is 1. The molecule has 1 aliphatic heterocycles. The Morgan fingerprint density at radius 2 is 2.05 bits per heavy atom. The molecule has 5 nitrogen and oxygen atoms in total. The molecule has 1 heterocycles. The number of anilines is 1. The minimum atomic E-state index is -0.321. The first kappa shape index (κ1) is 14.5. The third-order valence-electron chi connectivity index (χ3n) is 3.73. The molecular formula is C15H21N3O2. The molecule has 2 rings (SSSR count). The second-order valence-electron chi connectivity index (χ2n) is 5.04. The molecule has 2 unspecified atom stereocenters. The van der Waals surface area contributed by atoms with Crippen molar-refractivity contribution in [2.45, 2.75) is 38.8 Å². The third-order valence-corrected chi connectivity index (χ3v) is 3.73. The SMILES string of the molecule is CCC(N)c1ccccc1N1CC(=O)NC(=O)C1CC. The van der Waals surface area contributed by atoms with Crippen LogP contribution in [0.15, 0.2) is 24.3 Å². The van der Waals surface area contributed by atoms with Gasteiger partial charge in [0.15, 0.2) is 0 Å². The molecule has 108 valence electrons. The summed E-state index contributed by atoms with van der Waals surface area (Å²) in [4.78, 5) is 25.5. The largest absolute Gasteiger partial charge is 0.350 e. The maximum absolute atomic E-state index is 12.0. The Kier molecular flexibility index (Phi) is 4.39. The molecule has 0 aromatic heterocycles. The molecule has 1 aromatic rings. The average Bonchev–Trinajstić information content (AvgIpc) is 2.45. The summed E-state index contributed by atoms with van der Waals surface area (Å²) in [5.74, 6) is -0.497. The number of para-hydroxylation sites is 1. The lowest BCUT2D eigenvalue weighted by Gasteiger charge is -2.37. The van der Waals surface area contributed by atoms with Crippen LogP contribution in [0.25, 0.3) is 0 Å². The van der Waals surface area contributed by atoms with Gasteiger partial charge in [-0.3, -0.25) is 14.9 Å². The molecule has 0 bridgehead atoms. The summed E-state index contributed by atoms with van der Waals surface area (Å²) >= 11 is 0. The number of amides is 2. The zero-order chi connectivity index (χ0) is 14.7. The quantitative estimate of drug-likeness (QED) is 0.813. The fourth-order valence-corrected chi connectivity index (χ4v) is 2.61. The number of hydrogen-bond acceptors (Lipinski definition) is 4. The van der Waals surface area contributed by atoms with Crippen LogP contribution in [-0.4, -0.2) is 24.4 Å². The fraction of sp³-hybridized carbons (Fsp3) is 0.467. The Bertz CT molecular complexity index is 516. The van der Waals surface area contributed by atoms with Crippen molar-refractivity contribution in [3.8, 4) is 0 Å². The van der Waals surface area contributed by atoms with Gasteiger partial charge < -0.3 is 10.6 Å². The molecule has 2 atom stereocenters. The van der Waals surface area contributed by atoms with E-state index in [1.807, 2.05) is 43.0 Å². The first-order valence-electron chi connectivity index (χ1n) is 7.03. The van der Waals surface area contributed by atoms with Crippen molar-refractivity contribution in [2.24, 2.45) is 5.73 Å². The van der Waals surface area contributed by atoms with Gasteiger partial charge in [0.05, 0.1) is 6.54 Å². The summed E-state index contributed by atoms with van der Waals surface area (Å²) in [5.41, 5.74) is 8.01. The fourth-order valence-electron chi connectivity index (χ4n) is 2.61. The lowest BCUT2D eigenvalue weighted by atomic mass is 9.99. The van der Waals surface area contributed by atoms with Crippen LogP contribution in [0.2, 0.25) is 0 Å². The molecule has 1 saturated heterocycles. The summed E-state index contributed by atoms with van der Waals surface area (Å²) < 4.78 is 0.